The normalized spacial score (nSPS) is 10.1. The Morgan fingerprint density at radius 1 is 1.00 bits per heavy atom. The third-order valence-electron chi connectivity index (χ3n) is 4.02. The summed E-state index contributed by atoms with van der Waals surface area (Å²) < 4.78 is 23.7. The largest absolute Gasteiger partial charge is 0.494 e. The smallest absolute Gasteiger partial charge is 0.326 e. The highest BCUT2D eigenvalue weighted by Gasteiger charge is 2.14. The lowest BCUT2D eigenvalue weighted by molar-refractivity contribution is -0.147. The van der Waals surface area contributed by atoms with E-state index in [4.69, 9.17) is 9.47 Å². The number of carbonyl (C=O) groups is 4. The molecule has 0 atom stereocenters. The summed E-state index contributed by atoms with van der Waals surface area (Å²) >= 11 is 0. The van der Waals surface area contributed by atoms with Gasteiger partial charge in [0.25, 0.3) is 11.8 Å². The molecular formula is C22H24FN3O6. The minimum Gasteiger partial charge on any atom is -0.494 e. The van der Waals surface area contributed by atoms with Crippen molar-refractivity contribution in [3.63, 3.8) is 0 Å². The van der Waals surface area contributed by atoms with Crippen molar-refractivity contribution in [2.24, 2.45) is 0 Å². The molecule has 2 aromatic carbocycles. The fraction of sp³-hybridized carbons (Fsp3) is 0.273. The van der Waals surface area contributed by atoms with Crippen LogP contribution in [0.5, 0.6) is 5.75 Å². The van der Waals surface area contributed by atoms with Crippen LogP contribution in [-0.4, -0.2) is 43.6 Å². The number of amides is 4. The molecule has 170 valence electrons. The number of hydrogen-bond acceptors (Lipinski definition) is 6. The number of rotatable bonds is 10. The first kappa shape index (κ1) is 24.3. The summed E-state index contributed by atoms with van der Waals surface area (Å²) in [5.41, 5.74) is 0.210. The zero-order chi connectivity index (χ0) is 23.3. The van der Waals surface area contributed by atoms with Crippen molar-refractivity contribution in [3.8, 4) is 5.75 Å². The molecule has 0 unspecified atom stereocenters. The molecule has 0 aromatic heterocycles. The van der Waals surface area contributed by atoms with Gasteiger partial charge in [-0.25, -0.2) is 9.18 Å². The van der Waals surface area contributed by atoms with Gasteiger partial charge in [-0.05, 0) is 42.8 Å². The van der Waals surface area contributed by atoms with E-state index in [1.807, 2.05) is 5.32 Å². The summed E-state index contributed by atoms with van der Waals surface area (Å²) in [7, 11) is 0. The number of ether oxygens (including phenoxy) is 2. The van der Waals surface area contributed by atoms with E-state index in [9.17, 15) is 23.6 Å². The summed E-state index contributed by atoms with van der Waals surface area (Å²) in [6.07, 6.45) is 1.94. The maximum atomic E-state index is 13.5. The van der Waals surface area contributed by atoms with Gasteiger partial charge in [0.05, 0.1) is 12.3 Å². The van der Waals surface area contributed by atoms with E-state index in [0.717, 1.165) is 18.9 Å². The van der Waals surface area contributed by atoms with Gasteiger partial charge in [0.2, 0.25) is 0 Å². The molecule has 0 saturated carbocycles. The molecule has 3 N–H and O–H groups in total. The standard InChI is InChI=1S/C22H24FN3O6/c1-2-3-12-31-16-10-8-15(9-11-16)21(29)24-13-20(28)32-14-19(27)26-22(30)25-18-7-5-4-6-17(18)23/h4-11H,2-3,12-14H2,1H3,(H,24,29)(H2,25,26,27,30). The van der Waals surface area contributed by atoms with E-state index < -0.39 is 42.8 Å². The average molecular weight is 445 g/mol. The lowest BCUT2D eigenvalue weighted by Gasteiger charge is -2.09. The zero-order valence-electron chi connectivity index (χ0n) is 17.5. The molecule has 9 nitrogen and oxygen atoms in total. The van der Waals surface area contributed by atoms with Crippen LogP contribution in [-0.2, 0) is 14.3 Å². The first-order valence-corrected chi connectivity index (χ1v) is 9.91. The van der Waals surface area contributed by atoms with Crippen molar-refractivity contribution in [2.75, 3.05) is 25.1 Å². The van der Waals surface area contributed by atoms with Gasteiger partial charge in [0.1, 0.15) is 18.1 Å². The molecule has 2 aromatic rings. The predicted molar refractivity (Wildman–Crippen MR) is 114 cm³/mol. The molecule has 0 saturated heterocycles. The van der Waals surface area contributed by atoms with Crippen LogP contribution in [0.15, 0.2) is 48.5 Å². The van der Waals surface area contributed by atoms with Crippen LogP contribution in [0.1, 0.15) is 30.1 Å². The number of anilines is 1. The van der Waals surface area contributed by atoms with Crippen molar-refractivity contribution < 1.29 is 33.0 Å². The van der Waals surface area contributed by atoms with Crippen molar-refractivity contribution >= 4 is 29.5 Å². The Labute approximate surface area is 184 Å². The van der Waals surface area contributed by atoms with Crippen LogP contribution in [0.25, 0.3) is 0 Å². The Bertz CT molecular complexity index is 949. The topological polar surface area (TPSA) is 123 Å². The minimum absolute atomic E-state index is 0.113. The fourth-order valence-corrected chi connectivity index (χ4v) is 2.37. The van der Waals surface area contributed by atoms with Gasteiger partial charge >= 0.3 is 12.0 Å². The molecule has 0 spiro atoms. The highest BCUT2D eigenvalue weighted by atomic mass is 19.1. The van der Waals surface area contributed by atoms with Gasteiger partial charge in [-0.2, -0.15) is 0 Å². The number of carbonyl (C=O) groups excluding carboxylic acids is 4. The maximum absolute atomic E-state index is 13.5. The van der Waals surface area contributed by atoms with E-state index >= 15 is 0 Å². The van der Waals surface area contributed by atoms with Crippen LogP contribution >= 0.6 is 0 Å². The number of nitrogens with one attached hydrogen (secondary N) is 3. The Kier molecular flexibility index (Phi) is 9.64. The number of urea groups is 1. The van der Waals surface area contributed by atoms with Crippen LogP contribution in [0.3, 0.4) is 0 Å². The second kappa shape index (κ2) is 12.7. The lowest BCUT2D eigenvalue weighted by atomic mass is 10.2. The molecule has 4 amide bonds. The summed E-state index contributed by atoms with van der Waals surface area (Å²) in [6, 6.07) is 10.9. The van der Waals surface area contributed by atoms with Crippen molar-refractivity contribution in [3.05, 3.63) is 59.9 Å². The molecular weight excluding hydrogens is 421 g/mol. The highest BCUT2D eigenvalue weighted by molar-refractivity contribution is 6.02. The quantitative estimate of drug-likeness (QED) is 0.382. The maximum Gasteiger partial charge on any atom is 0.326 e. The summed E-state index contributed by atoms with van der Waals surface area (Å²) in [5.74, 6) is -2.33. The van der Waals surface area contributed by atoms with Crippen LogP contribution < -0.4 is 20.7 Å². The molecule has 2 rings (SSSR count). The lowest BCUT2D eigenvalue weighted by Crippen LogP contribution is -2.38. The predicted octanol–water partition coefficient (Wildman–Crippen LogP) is 2.63. The summed E-state index contributed by atoms with van der Waals surface area (Å²) in [4.78, 5) is 47.2. The number of unbranched alkanes of at least 4 members (excludes halogenated alkanes) is 1. The Morgan fingerprint density at radius 2 is 1.72 bits per heavy atom. The van der Waals surface area contributed by atoms with E-state index in [0.29, 0.717) is 17.9 Å². The van der Waals surface area contributed by atoms with Crippen molar-refractivity contribution in [2.45, 2.75) is 19.8 Å². The first-order valence-electron chi connectivity index (χ1n) is 9.91. The van der Waals surface area contributed by atoms with Crippen LogP contribution in [0.2, 0.25) is 0 Å². The van der Waals surface area contributed by atoms with Crippen LogP contribution in [0.4, 0.5) is 14.9 Å². The highest BCUT2D eigenvalue weighted by Crippen LogP contribution is 2.13. The van der Waals surface area contributed by atoms with Gasteiger partial charge in [0, 0.05) is 5.56 Å². The zero-order valence-corrected chi connectivity index (χ0v) is 17.5. The second-order valence-electron chi connectivity index (χ2n) is 6.55. The third kappa shape index (κ3) is 8.42. The van der Waals surface area contributed by atoms with Crippen molar-refractivity contribution in [1.82, 2.24) is 10.6 Å². The van der Waals surface area contributed by atoms with Gasteiger partial charge in [-0.3, -0.25) is 19.7 Å². The molecule has 0 aliphatic carbocycles. The molecule has 32 heavy (non-hydrogen) atoms. The van der Waals surface area contributed by atoms with E-state index in [-0.39, 0.29) is 5.69 Å². The van der Waals surface area contributed by atoms with E-state index in [2.05, 4.69) is 17.6 Å². The van der Waals surface area contributed by atoms with Gasteiger partial charge < -0.3 is 20.1 Å². The third-order valence-corrected chi connectivity index (χ3v) is 4.02. The Balaban J connectivity index is 1.67. The monoisotopic (exact) mass is 445 g/mol. The number of imide groups is 1. The molecule has 10 heteroatoms. The number of halogens is 1. The van der Waals surface area contributed by atoms with Gasteiger partial charge in [-0.1, -0.05) is 25.5 Å². The molecule has 0 radical (unpaired) electrons. The molecule has 0 fully saturated rings. The molecule has 0 aliphatic heterocycles. The number of benzene rings is 2. The van der Waals surface area contributed by atoms with Gasteiger partial charge in [0.15, 0.2) is 6.61 Å². The summed E-state index contributed by atoms with van der Waals surface area (Å²) in [5, 5.41) is 6.41. The summed E-state index contributed by atoms with van der Waals surface area (Å²) in [6.45, 7) is 1.43. The average Bonchev–Trinajstić information content (AvgIpc) is 2.78. The number of hydrogen-bond donors (Lipinski definition) is 3. The molecule has 0 aliphatic rings. The van der Waals surface area contributed by atoms with E-state index in [1.54, 1.807) is 24.3 Å². The Morgan fingerprint density at radius 3 is 2.41 bits per heavy atom. The van der Waals surface area contributed by atoms with Crippen LogP contribution in [0, 0.1) is 5.82 Å². The Hall–Kier alpha value is -3.95. The van der Waals surface area contributed by atoms with Crippen molar-refractivity contribution in [1.29, 1.82) is 0 Å². The molecule has 0 bridgehead atoms. The molecule has 0 heterocycles. The fourth-order valence-electron chi connectivity index (χ4n) is 2.37. The van der Waals surface area contributed by atoms with Gasteiger partial charge in [-0.15, -0.1) is 0 Å². The minimum atomic E-state index is -0.980. The first-order chi connectivity index (χ1) is 15.4. The number of esters is 1. The van der Waals surface area contributed by atoms with E-state index in [1.165, 1.54) is 18.2 Å². The SMILES string of the molecule is CCCCOc1ccc(C(=O)NCC(=O)OCC(=O)NC(=O)Nc2ccccc2F)cc1. The second-order valence-corrected chi connectivity index (χ2v) is 6.55. The number of para-hydroxylation sites is 1.